The number of hydrogen-bond donors (Lipinski definition) is 1. The lowest BCUT2D eigenvalue weighted by Gasteiger charge is -2.20. The van der Waals surface area contributed by atoms with Crippen LogP contribution in [0.3, 0.4) is 0 Å². The Morgan fingerprint density at radius 2 is 1.74 bits per heavy atom. The Morgan fingerprint density at radius 3 is 2.35 bits per heavy atom. The Balaban J connectivity index is 1.66. The highest BCUT2D eigenvalue weighted by atomic mass is 32.2. The lowest BCUT2D eigenvalue weighted by atomic mass is 10.1. The fraction of sp³-hybridized carbons (Fsp3) is 0.286. The van der Waals surface area contributed by atoms with Gasteiger partial charge in [0.05, 0.1) is 12.0 Å². The predicted molar refractivity (Wildman–Crippen MR) is 111 cm³/mol. The van der Waals surface area contributed by atoms with Gasteiger partial charge in [0, 0.05) is 5.56 Å². The maximum absolute atomic E-state index is 12.7. The third-order valence-corrected chi connectivity index (χ3v) is 5.85. The first-order chi connectivity index (χ1) is 14.8. The Bertz CT molecular complexity index is 1110. The number of rotatable bonds is 9. The molecule has 0 unspecified atom stereocenters. The Hall–Kier alpha value is -3.24. The number of benzene rings is 2. The van der Waals surface area contributed by atoms with Crippen molar-refractivity contribution in [3.63, 3.8) is 0 Å². The van der Waals surface area contributed by atoms with Crippen molar-refractivity contribution in [2.75, 3.05) is 7.11 Å². The number of carbonyl (C=O) groups excluding carboxylic acids is 1. The zero-order valence-corrected chi connectivity index (χ0v) is 18.1. The quantitative estimate of drug-likeness (QED) is 0.499. The van der Waals surface area contributed by atoms with Gasteiger partial charge < -0.3 is 13.9 Å². The minimum atomic E-state index is -3.95. The van der Waals surface area contributed by atoms with E-state index in [1.807, 2.05) is 30.3 Å². The summed E-state index contributed by atoms with van der Waals surface area (Å²) in [6.07, 6.45) is 0. The SMILES string of the molecule is COc1ccc(S(=O)(=O)N[C@H](C(=O)OCc2nnc(-c3ccccc3)o2)C(C)C)cc1. The van der Waals surface area contributed by atoms with E-state index < -0.39 is 22.0 Å². The summed E-state index contributed by atoms with van der Waals surface area (Å²) in [4.78, 5) is 12.6. The van der Waals surface area contributed by atoms with Crippen LogP contribution in [0.25, 0.3) is 11.5 Å². The first-order valence-electron chi connectivity index (χ1n) is 9.51. The van der Waals surface area contributed by atoms with Gasteiger partial charge in [-0.05, 0) is 42.3 Å². The molecule has 2 aromatic carbocycles. The largest absolute Gasteiger partial charge is 0.497 e. The van der Waals surface area contributed by atoms with E-state index in [2.05, 4.69) is 14.9 Å². The van der Waals surface area contributed by atoms with Crippen molar-refractivity contribution in [2.45, 2.75) is 31.4 Å². The van der Waals surface area contributed by atoms with Gasteiger partial charge in [-0.3, -0.25) is 4.79 Å². The summed E-state index contributed by atoms with van der Waals surface area (Å²) >= 11 is 0. The van der Waals surface area contributed by atoms with Gasteiger partial charge in [0.1, 0.15) is 11.8 Å². The molecule has 0 aliphatic carbocycles. The fourth-order valence-electron chi connectivity index (χ4n) is 2.68. The standard InChI is InChI=1S/C21H23N3O6S/c1-14(2)19(24-31(26,27)17-11-9-16(28-3)10-12-17)21(25)29-13-18-22-23-20(30-18)15-7-5-4-6-8-15/h4-12,14,19,24H,13H2,1-3H3/t19-/m0/s1. The van der Waals surface area contributed by atoms with E-state index in [1.165, 1.54) is 31.4 Å². The lowest BCUT2D eigenvalue weighted by Crippen LogP contribution is -2.45. The van der Waals surface area contributed by atoms with Crippen molar-refractivity contribution in [1.82, 2.24) is 14.9 Å². The molecule has 3 aromatic rings. The third kappa shape index (κ3) is 5.68. The molecule has 1 atom stereocenters. The van der Waals surface area contributed by atoms with Crippen LogP contribution < -0.4 is 9.46 Å². The first kappa shape index (κ1) is 22.4. The molecule has 1 N–H and O–H groups in total. The second-order valence-corrected chi connectivity index (χ2v) is 8.71. The number of esters is 1. The van der Waals surface area contributed by atoms with Gasteiger partial charge in [-0.2, -0.15) is 4.72 Å². The van der Waals surface area contributed by atoms with Crippen LogP contribution in [0.4, 0.5) is 0 Å². The topological polar surface area (TPSA) is 121 Å². The molecule has 0 aliphatic heterocycles. The van der Waals surface area contributed by atoms with Crippen LogP contribution in [0.5, 0.6) is 5.75 Å². The molecule has 0 bridgehead atoms. The zero-order valence-electron chi connectivity index (χ0n) is 17.3. The van der Waals surface area contributed by atoms with Crippen LogP contribution in [0.15, 0.2) is 63.9 Å². The second kappa shape index (κ2) is 9.71. The monoisotopic (exact) mass is 445 g/mol. The maximum atomic E-state index is 12.7. The Labute approximate surface area is 180 Å². The van der Waals surface area contributed by atoms with Crippen molar-refractivity contribution < 1.29 is 27.1 Å². The minimum absolute atomic E-state index is 0.0103. The van der Waals surface area contributed by atoms with E-state index in [1.54, 1.807) is 13.8 Å². The van der Waals surface area contributed by atoms with Crippen molar-refractivity contribution in [3.05, 3.63) is 60.5 Å². The molecule has 9 nitrogen and oxygen atoms in total. The smallest absolute Gasteiger partial charge is 0.324 e. The zero-order chi connectivity index (χ0) is 22.4. The highest BCUT2D eigenvalue weighted by molar-refractivity contribution is 7.89. The molecule has 0 saturated heterocycles. The van der Waals surface area contributed by atoms with Gasteiger partial charge in [-0.1, -0.05) is 32.0 Å². The number of aromatic nitrogens is 2. The highest BCUT2D eigenvalue weighted by Gasteiger charge is 2.30. The molecule has 0 fully saturated rings. The first-order valence-corrected chi connectivity index (χ1v) is 11.0. The van der Waals surface area contributed by atoms with Gasteiger partial charge in [-0.25, -0.2) is 8.42 Å². The summed E-state index contributed by atoms with van der Waals surface area (Å²) in [5.74, 6) is -0.178. The molecule has 0 saturated carbocycles. The van der Waals surface area contributed by atoms with Crippen LogP contribution in [-0.2, 0) is 26.2 Å². The summed E-state index contributed by atoms with van der Waals surface area (Å²) in [5, 5.41) is 7.79. The van der Waals surface area contributed by atoms with Gasteiger partial charge in [0.2, 0.25) is 15.9 Å². The number of ether oxygens (including phenoxy) is 2. The number of hydrogen-bond acceptors (Lipinski definition) is 8. The fourth-order valence-corrected chi connectivity index (χ4v) is 4.01. The van der Waals surface area contributed by atoms with Crippen LogP contribution in [-0.4, -0.2) is 37.7 Å². The third-order valence-electron chi connectivity index (χ3n) is 4.40. The molecule has 1 heterocycles. The summed E-state index contributed by atoms with van der Waals surface area (Å²) < 4.78 is 43.5. The van der Waals surface area contributed by atoms with Crippen LogP contribution in [0.2, 0.25) is 0 Å². The molecule has 3 rings (SSSR count). The minimum Gasteiger partial charge on any atom is -0.497 e. The predicted octanol–water partition coefficient (Wildman–Crippen LogP) is 2.79. The van der Waals surface area contributed by atoms with E-state index in [0.29, 0.717) is 11.6 Å². The molecular formula is C21H23N3O6S. The summed E-state index contributed by atoms with van der Waals surface area (Å²) in [6.45, 7) is 3.15. The van der Waals surface area contributed by atoms with Crippen LogP contribution in [0, 0.1) is 5.92 Å². The molecule has 164 valence electrons. The molecular weight excluding hydrogens is 422 g/mol. The van der Waals surface area contributed by atoms with E-state index in [9.17, 15) is 13.2 Å². The normalized spacial score (nSPS) is 12.5. The average Bonchev–Trinajstić information content (AvgIpc) is 3.25. The molecule has 31 heavy (non-hydrogen) atoms. The van der Waals surface area contributed by atoms with Crippen LogP contribution in [0.1, 0.15) is 19.7 Å². The highest BCUT2D eigenvalue weighted by Crippen LogP contribution is 2.19. The Morgan fingerprint density at radius 1 is 1.06 bits per heavy atom. The van der Waals surface area contributed by atoms with E-state index in [4.69, 9.17) is 13.9 Å². The maximum Gasteiger partial charge on any atom is 0.324 e. The molecule has 1 aromatic heterocycles. The molecule has 0 spiro atoms. The van der Waals surface area contributed by atoms with Gasteiger partial charge in [-0.15, -0.1) is 10.2 Å². The number of nitrogens with one attached hydrogen (secondary N) is 1. The number of methoxy groups -OCH3 is 1. The molecule has 0 amide bonds. The molecule has 0 aliphatic rings. The molecule has 10 heteroatoms. The number of carbonyl (C=O) groups is 1. The van der Waals surface area contributed by atoms with E-state index in [0.717, 1.165) is 5.56 Å². The molecule has 0 radical (unpaired) electrons. The second-order valence-electron chi connectivity index (χ2n) is 6.99. The van der Waals surface area contributed by atoms with Crippen LogP contribution >= 0.6 is 0 Å². The van der Waals surface area contributed by atoms with E-state index >= 15 is 0 Å². The number of nitrogens with zero attached hydrogens (tertiary/aromatic N) is 2. The van der Waals surface area contributed by atoms with Crippen molar-refractivity contribution in [2.24, 2.45) is 5.92 Å². The summed E-state index contributed by atoms with van der Waals surface area (Å²) in [5.41, 5.74) is 0.736. The van der Waals surface area contributed by atoms with Crippen molar-refractivity contribution in [1.29, 1.82) is 0 Å². The average molecular weight is 445 g/mol. The van der Waals surface area contributed by atoms with Gasteiger partial charge in [0.25, 0.3) is 5.89 Å². The van der Waals surface area contributed by atoms with Gasteiger partial charge >= 0.3 is 5.97 Å². The number of sulfonamides is 1. The summed E-state index contributed by atoms with van der Waals surface area (Å²) in [6, 6.07) is 13.9. The summed E-state index contributed by atoms with van der Waals surface area (Å²) in [7, 11) is -2.46. The lowest BCUT2D eigenvalue weighted by molar-refractivity contribution is -0.148. The van der Waals surface area contributed by atoms with Crippen molar-refractivity contribution in [3.8, 4) is 17.2 Å². The Kier molecular flexibility index (Phi) is 7.03. The van der Waals surface area contributed by atoms with Crippen molar-refractivity contribution >= 4 is 16.0 Å². The van der Waals surface area contributed by atoms with E-state index in [-0.39, 0.29) is 23.3 Å². The van der Waals surface area contributed by atoms with Gasteiger partial charge in [0.15, 0.2) is 6.61 Å².